The lowest BCUT2D eigenvalue weighted by Crippen LogP contribution is -2.30. The smallest absolute Gasteiger partial charge is 0.276 e. The van der Waals surface area contributed by atoms with Gasteiger partial charge in [0.1, 0.15) is 10.7 Å². The van der Waals surface area contributed by atoms with E-state index in [-0.39, 0.29) is 28.6 Å². The molecule has 0 atom stereocenters. The molecule has 0 unspecified atom stereocenters. The first kappa shape index (κ1) is 28.1. The van der Waals surface area contributed by atoms with Gasteiger partial charge in [-0.3, -0.25) is 29.8 Å². The molecule has 0 bridgehead atoms. The first-order valence-electron chi connectivity index (χ1n) is 11.7. The number of nitro groups is 1. The lowest BCUT2D eigenvalue weighted by Gasteiger charge is -2.12. The molecule has 0 aliphatic carbocycles. The fraction of sp³-hybridized carbons (Fsp3) is 0.0741. The number of carbonyl (C=O) groups is 3. The Hall–Kier alpha value is -4.88. The molecule has 3 aromatic carbocycles. The molecule has 1 aromatic heterocycles. The van der Waals surface area contributed by atoms with Crippen LogP contribution in [0.1, 0.15) is 20.9 Å². The number of nitrogens with zero attached hydrogens (tertiary/aromatic N) is 3. The molecule has 4 aromatic rings. The molecular weight excluding hydrogens is 552 g/mol. The average molecular weight is 575 g/mol. The summed E-state index contributed by atoms with van der Waals surface area (Å²) >= 11 is 2.58. The number of hydrogen-bond donors (Lipinski definition) is 3. The summed E-state index contributed by atoms with van der Waals surface area (Å²) in [7, 11) is 0. The highest BCUT2D eigenvalue weighted by molar-refractivity contribution is 8.00. The number of nitro benzene ring substituents is 1. The van der Waals surface area contributed by atoms with E-state index < -0.39 is 16.7 Å². The fourth-order valence-electron chi connectivity index (χ4n) is 3.36. The minimum absolute atomic E-state index is 0.151. The molecule has 11 nitrogen and oxygen atoms in total. The normalized spacial score (nSPS) is 11.0. The molecule has 40 heavy (non-hydrogen) atoms. The van der Waals surface area contributed by atoms with E-state index >= 15 is 0 Å². The molecule has 1 heterocycles. The van der Waals surface area contributed by atoms with Crippen LogP contribution in [0.15, 0.2) is 89.5 Å². The van der Waals surface area contributed by atoms with Crippen LogP contribution in [0.5, 0.6) is 0 Å². The summed E-state index contributed by atoms with van der Waals surface area (Å²) < 4.78 is 0. The minimum atomic E-state index is -0.672. The van der Waals surface area contributed by atoms with Crippen LogP contribution in [0, 0.1) is 17.0 Å². The summed E-state index contributed by atoms with van der Waals surface area (Å²) in [6.07, 6.45) is 1.26. The number of carbonyl (C=O) groups excluding carboxylic acids is 3. The molecule has 3 amide bonds. The van der Waals surface area contributed by atoms with Crippen molar-refractivity contribution in [3.8, 4) is 0 Å². The topological polar surface area (TPSA) is 156 Å². The monoisotopic (exact) mass is 574 g/mol. The summed E-state index contributed by atoms with van der Waals surface area (Å²) in [4.78, 5) is 49.9. The number of aromatic nitrogens is 2. The lowest BCUT2D eigenvalue weighted by molar-refractivity contribution is -0.385. The van der Waals surface area contributed by atoms with Gasteiger partial charge in [-0.15, -0.1) is 22.0 Å². The van der Waals surface area contributed by atoms with Crippen LogP contribution in [0.25, 0.3) is 6.08 Å². The highest BCUT2D eigenvalue weighted by atomic mass is 32.2. The average Bonchev–Trinajstić information content (AvgIpc) is 3.36. The summed E-state index contributed by atoms with van der Waals surface area (Å²) in [5.41, 5.74) is 0.499. The zero-order chi connectivity index (χ0) is 28.5. The third kappa shape index (κ3) is 7.82. The maximum Gasteiger partial charge on any atom is 0.276 e. The van der Waals surface area contributed by atoms with Crippen molar-refractivity contribution in [2.75, 3.05) is 16.4 Å². The Morgan fingerprint density at radius 3 is 2.33 bits per heavy atom. The van der Waals surface area contributed by atoms with E-state index in [9.17, 15) is 24.5 Å². The van der Waals surface area contributed by atoms with E-state index in [1.54, 1.807) is 67.6 Å². The second kappa shape index (κ2) is 13.3. The summed E-state index contributed by atoms with van der Waals surface area (Å²) in [5.74, 6) is -1.29. The molecule has 4 rings (SSSR count). The Morgan fingerprint density at radius 1 is 0.950 bits per heavy atom. The number of hydrogen-bond acceptors (Lipinski definition) is 9. The number of benzene rings is 3. The van der Waals surface area contributed by atoms with Crippen molar-refractivity contribution in [2.45, 2.75) is 11.8 Å². The highest BCUT2D eigenvalue weighted by Gasteiger charge is 2.18. The molecule has 13 heteroatoms. The molecule has 202 valence electrons. The summed E-state index contributed by atoms with van der Waals surface area (Å²) in [6.45, 7) is 1.80. The molecule has 0 aliphatic heterocycles. The van der Waals surface area contributed by atoms with Crippen molar-refractivity contribution < 1.29 is 19.3 Å². The summed E-state index contributed by atoms with van der Waals surface area (Å²) in [5, 5.41) is 28.3. The van der Waals surface area contributed by atoms with E-state index in [0.717, 1.165) is 9.90 Å². The van der Waals surface area contributed by atoms with Crippen LogP contribution in [0.2, 0.25) is 0 Å². The number of para-hydroxylation sites is 1. The Balaban J connectivity index is 1.46. The molecule has 0 fully saturated rings. The SMILES string of the molecule is Cc1nnc(NC(=O)CSc2ccc(NC(=O)/C(=C/c3ccccc3[N+](=O)[O-])NC(=O)c3ccccc3)cc2)s1. The predicted molar refractivity (Wildman–Crippen MR) is 154 cm³/mol. The molecule has 0 radical (unpaired) electrons. The van der Waals surface area contributed by atoms with E-state index in [1.807, 2.05) is 0 Å². The van der Waals surface area contributed by atoms with E-state index in [1.165, 1.54) is 47.4 Å². The number of aryl methyl sites for hydroxylation is 1. The van der Waals surface area contributed by atoms with E-state index in [2.05, 4.69) is 26.1 Å². The molecule has 0 spiro atoms. The van der Waals surface area contributed by atoms with Crippen molar-refractivity contribution in [1.82, 2.24) is 15.5 Å². The fourth-order valence-corrected chi connectivity index (χ4v) is 4.66. The van der Waals surface area contributed by atoms with Gasteiger partial charge in [0.15, 0.2) is 0 Å². The van der Waals surface area contributed by atoms with Crippen molar-refractivity contribution in [3.05, 3.63) is 111 Å². The maximum absolute atomic E-state index is 13.2. The third-order valence-corrected chi connectivity index (χ3v) is 6.98. The number of amides is 3. The lowest BCUT2D eigenvalue weighted by atomic mass is 10.1. The van der Waals surface area contributed by atoms with Crippen molar-refractivity contribution in [3.63, 3.8) is 0 Å². The zero-order valence-corrected chi connectivity index (χ0v) is 22.6. The van der Waals surface area contributed by atoms with Gasteiger partial charge in [0.25, 0.3) is 17.5 Å². The largest absolute Gasteiger partial charge is 0.321 e. The highest BCUT2D eigenvalue weighted by Crippen LogP contribution is 2.23. The van der Waals surface area contributed by atoms with Gasteiger partial charge in [-0.2, -0.15) is 0 Å². The van der Waals surface area contributed by atoms with Gasteiger partial charge in [0.05, 0.1) is 16.2 Å². The number of nitrogens with one attached hydrogen (secondary N) is 3. The van der Waals surface area contributed by atoms with Crippen LogP contribution in [0.4, 0.5) is 16.5 Å². The molecule has 0 saturated carbocycles. The van der Waals surface area contributed by atoms with Crippen molar-refractivity contribution in [1.29, 1.82) is 0 Å². The van der Waals surface area contributed by atoms with Gasteiger partial charge in [0.2, 0.25) is 11.0 Å². The second-order valence-corrected chi connectivity index (χ2v) is 10.4. The van der Waals surface area contributed by atoms with Gasteiger partial charge in [-0.05, 0) is 55.5 Å². The van der Waals surface area contributed by atoms with E-state index in [0.29, 0.717) is 16.4 Å². The first-order valence-corrected chi connectivity index (χ1v) is 13.5. The summed E-state index contributed by atoms with van der Waals surface area (Å²) in [6, 6.07) is 20.9. The van der Waals surface area contributed by atoms with Crippen LogP contribution >= 0.6 is 23.1 Å². The van der Waals surface area contributed by atoms with Crippen LogP contribution in [0.3, 0.4) is 0 Å². The van der Waals surface area contributed by atoms with Crippen LogP contribution < -0.4 is 16.0 Å². The zero-order valence-electron chi connectivity index (χ0n) is 21.0. The van der Waals surface area contributed by atoms with Gasteiger partial charge >= 0.3 is 0 Å². The standard InChI is InChI=1S/C27H22N6O5S2/c1-17-31-32-27(40-17)30-24(34)16-39-21-13-11-20(12-14-21)28-26(36)22(29-25(35)18-7-3-2-4-8-18)15-19-9-5-6-10-23(19)33(37)38/h2-15H,16H2,1H3,(H,28,36)(H,29,35)(H,30,32,34)/b22-15-. The molecule has 3 N–H and O–H groups in total. The number of anilines is 2. The van der Waals surface area contributed by atoms with Gasteiger partial charge < -0.3 is 10.6 Å². The molecular formula is C27H22N6O5S2. The van der Waals surface area contributed by atoms with Crippen molar-refractivity contribution in [2.24, 2.45) is 0 Å². The molecule has 0 aliphatic rings. The van der Waals surface area contributed by atoms with Crippen LogP contribution in [-0.2, 0) is 9.59 Å². The third-order valence-electron chi connectivity index (χ3n) is 5.22. The maximum atomic E-state index is 13.2. The van der Waals surface area contributed by atoms with Crippen molar-refractivity contribution >= 4 is 63.4 Å². The second-order valence-electron chi connectivity index (χ2n) is 8.14. The Kier molecular flexibility index (Phi) is 9.33. The van der Waals surface area contributed by atoms with Gasteiger partial charge in [-0.25, -0.2) is 0 Å². The van der Waals surface area contributed by atoms with E-state index in [4.69, 9.17) is 0 Å². The van der Waals surface area contributed by atoms with Crippen LogP contribution in [-0.4, -0.2) is 38.6 Å². The number of rotatable bonds is 10. The van der Waals surface area contributed by atoms with Gasteiger partial charge in [0, 0.05) is 22.2 Å². The quantitative estimate of drug-likeness (QED) is 0.105. The Labute approximate surface area is 236 Å². The van der Waals surface area contributed by atoms with Gasteiger partial charge in [-0.1, -0.05) is 41.7 Å². The first-order chi connectivity index (χ1) is 19.3. The predicted octanol–water partition coefficient (Wildman–Crippen LogP) is 4.90. The minimum Gasteiger partial charge on any atom is -0.321 e. The Morgan fingerprint density at radius 2 is 1.65 bits per heavy atom. The molecule has 0 saturated heterocycles. The number of thioether (sulfide) groups is 1. The Bertz CT molecular complexity index is 1570.